The number of nitrogens with zero attached hydrogens (tertiary/aromatic N) is 2. The maximum absolute atomic E-state index is 6.11. The standard InChI is InChI=1S/C18H27N3/c1-5-14(6-2)12-21(7-3)18-9-8-17(19)16-11-20-13(4)10-15(16)18/h8-11,14H,5-7,12,19H2,1-4H3. The Balaban J connectivity index is 2.48. The fourth-order valence-electron chi connectivity index (χ4n) is 2.88. The Bertz CT molecular complexity index is 603. The van der Waals surface area contributed by atoms with Crippen LogP contribution in [0, 0.1) is 12.8 Å². The Morgan fingerprint density at radius 3 is 2.48 bits per heavy atom. The van der Waals surface area contributed by atoms with E-state index in [2.05, 4.69) is 42.8 Å². The first-order valence-corrected chi connectivity index (χ1v) is 8.00. The quantitative estimate of drug-likeness (QED) is 0.800. The van der Waals surface area contributed by atoms with E-state index in [1.54, 1.807) is 0 Å². The van der Waals surface area contributed by atoms with E-state index in [1.165, 1.54) is 23.9 Å². The monoisotopic (exact) mass is 285 g/mol. The van der Waals surface area contributed by atoms with Gasteiger partial charge in [-0.1, -0.05) is 26.7 Å². The van der Waals surface area contributed by atoms with Crippen LogP contribution in [0.25, 0.3) is 10.8 Å². The van der Waals surface area contributed by atoms with Crippen LogP contribution in [-0.2, 0) is 0 Å². The minimum absolute atomic E-state index is 0.737. The zero-order chi connectivity index (χ0) is 15.4. The number of hydrogen-bond donors (Lipinski definition) is 1. The topological polar surface area (TPSA) is 42.1 Å². The van der Waals surface area contributed by atoms with Crippen molar-refractivity contribution in [3.8, 4) is 0 Å². The molecule has 2 aromatic rings. The van der Waals surface area contributed by atoms with E-state index in [4.69, 9.17) is 5.73 Å². The number of benzene rings is 1. The molecule has 0 spiro atoms. The lowest BCUT2D eigenvalue weighted by molar-refractivity contribution is 0.486. The van der Waals surface area contributed by atoms with Gasteiger partial charge < -0.3 is 10.6 Å². The molecule has 2 N–H and O–H groups in total. The van der Waals surface area contributed by atoms with Crippen molar-refractivity contribution in [1.82, 2.24) is 4.98 Å². The van der Waals surface area contributed by atoms with Crippen molar-refractivity contribution in [2.45, 2.75) is 40.5 Å². The Hall–Kier alpha value is -1.77. The molecule has 3 nitrogen and oxygen atoms in total. The average molecular weight is 285 g/mol. The van der Waals surface area contributed by atoms with Crippen LogP contribution in [-0.4, -0.2) is 18.1 Å². The van der Waals surface area contributed by atoms with Gasteiger partial charge >= 0.3 is 0 Å². The third kappa shape index (κ3) is 3.29. The van der Waals surface area contributed by atoms with Crippen molar-refractivity contribution in [3.63, 3.8) is 0 Å². The Labute approximate surface area is 128 Å². The van der Waals surface area contributed by atoms with Crippen molar-refractivity contribution in [3.05, 3.63) is 30.1 Å². The normalized spacial score (nSPS) is 11.3. The number of nitrogens with two attached hydrogens (primary N) is 1. The molecule has 0 saturated heterocycles. The second-order valence-corrected chi connectivity index (χ2v) is 5.77. The van der Waals surface area contributed by atoms with Crippen molar-refractivity contribution in [1.29, 1.82) is 0 Å². The molecular weight excluding hydrogens is 258 g/mol. The summed E-state index contributed by atoms with van der Waals surface area (Å²) in [5.41, 5.74) is 9.23. The van der Waals surface area contributed by atoms with Crippen LogP contribution in [0.1, 0.15) is 39.3 Å². The van der Waals surface area contributed by atoms with Crippen molar-refractivity contribution in [2.24, 2.45) is 5.92 Å². The molecule has 114 valence electrons. The summed E-state index contributed by atoms with van der Waals surface area (Å²) in [6.07, 6.45) is 4.34. The lowest BCUT2D eigenvalue weighted by Crippen LogP contribution is -2.29. The molecule has 0 aliphatic rings. The summed E-state index contributed by atoms with van der Waals surface area (Å²) in [5, 5.41) is 2.27. The summed E-state index contributed by atoms with van der Waals surface area (Å²) in [7, 11) is 0. The maximum atomic E-state index is 6.11. The van der Waals surface area contributed by atoms with Gasteiger partial charge in [0.05, 0.1) is 0 Å². The fourth-order valence-corrected chi connectivity index (χ4v) is 2.88. The predicted molar refractivity (Wildman–Crippen MR) is 92.9 cm³/mol. The van der Waals surface area contributed by atoms with E-state index < -0.39 is 0 Å². The minimum atomic E-state index is 0.737. The number of nitrogen functional groups attached to an aromatic ring is 1. The van der Waals surface area contributed by atoms with Gasteiger partial charge in [-0.15, -0.1) is 0 Å². The highest BCUT2D eigenvalue weighted by Crippen LogP contribution is 2.31. The number of fused-ring (bicyclic) bond motifs is 1. The highest BCUT2D eigenvalue weighted by Gasteiger charge is 2.14. The number of hydrogen-bond acceptors (Lipinski definition) is 3. The van der Waals surface area contributed by atoms with Crippen LogP contribution in [0.2, 0.25) is 0 Å². The molecule has 1 heterocycles. The Morgan fingerprint density at radius 2 is 1.86 bits per heavy atom. The molecule has 0 aliphatic heterocycles. The van der Waals surface area contributed by atoms with E-state index in [0.717, 1.165) is 35.8 Å². The Kier molecular flexibility index (Phi) is 5.05. The molecule has 0 fully saturated rings. The number of aryl methyl sites for hydroxylation is 1. The number of aromatic nitrogens is 1. The van der Waals surface area contributed by atoms with E-state index in [1.807, 2.05) is 19.2 Å². The summed E-state index contributed by atoms with van der Waals surface area (Å²) in [6.45, 7) is 10.9. The third-order valence-electron chi connectivity index (χ3n) is 4.40. The second kappa shape index (κ2) is 6.79. The minimum Gasteiger partial charge on any atom is -0.398 e. The summed E-state index contributed by atoms with van der Waals surface area (Å²) in [4.78, 5) is 6.86. The molecule has 0 radical (unpaired) electrons. The number of rotatable bonds is 6. The molecule has 3 heteroatoms. The van der Waals surface area contributed by atoms with Gasteiger partial charge in [-0.3, -0.25) is 4.98 Å². The first kappa shape index (κ1) is 15.6. The summed E-state index contributed by atoms with van der Waals surface area (Å²) >= 11 is 0. The van der Waals surface area contributed by atoms with E-state index in [-0.39, 0.29) is 0 Å². The molecule has 2 rings (SSSR count). The molecule has 1 aromatic carbocycles. The van der Waals surface area contributed by atoms with Crippen LogP contribution in [0.5, 0.6) is 0 Å². The SMILES string of the molecule is CCC(CC)CN(CC)c1ccc(N)c2cnc(C)cc12. The molecule has 0 bridgehead atoms. The third-order valence-corrected chi connectivity index (χ3v) is 4.40. The summed E-state index contributed by atoms with van der Waals surface area (Å²) in [5.74, 6) is 0.737. The molecule has 0 amide bonds. The average Bonchev–Trinajstić information content (AvgIpc) is 2.50. The van der Waals surface area contributed by atoms with E-state index >= 15 is 0 Å². The molecule has 1 aromatic heterocycles. The van der Waals surface area contributed by atoms with Crippen LogP contribution in [0.15, 0.2) is 24.4 Å². The van der Waals surface area contributed by atoms with Crippen LogP contribution in [0.4, 0.5) is 11.4 Å². The molecule has 0 saturated carbocycles. The van der Waals surface area contributed by atoms with Crippen LogP contribution >= 0.6 is 0 Å². The number of anilines is 2. The van der Waals surface area contributed by atoms with E-state index in [9.17, 15) is 0 Å². The fraction of sp³-hybridized carbons (Fsp3) is 0.500. The van der Waals surface area contributed by atoms with Gasteiger partial charge in [0.1, 0.15) is 0 Å². The lowest BCUT2D eigenvalue weighted by Gasteiger charge is -2.29. The molecule has 0 unspecified atom stereocenters. The smallest absolute Gasteiger partial charge is 0.0448 e. The highest BCUT2D eigenvalue weighted by atomic mass is 15.1. The summed E-state index contributed by atoms with van der Waals surface area (Å²) in [6, 6.07) is 6.31. The van der Waals surface area contributed by atoms with Crippen LogP contribution in [0.3, 0.4) is 0 Å². The second-order valence-electron chi connectivity index (χ2n) is 5.77. The zero-order valence-electron chi connectivity index (χ0n) is 13.7. The number of pyridine rings is 1. The van der Waals surface area contributed by atoms with Gasteiger partial charge in [0.25, 0.3) is 0 Å². The van der Waals surface area contributed by atoms with Crippen molar-refractivity contribution < 1.29 is 0 Å². The molecule has 0 atom stereocenters. The largest absolute Gasteiger partial charge is 0.398 e. The van der Waals surface area contributed by atoms with E-state index in [0.29, 0.717) is 0 Å². The van der Waals surface area contributed by atoms with Gasteiger partial charge in [0, 0.05) is 47.1 Å². The lowest BCUT2D eigenvalue weighted by atomic mass is 10.0. The molecule has 21 heavy (non-hydrogen) atoms. The van der Waals surface area contributed by atoms with Gasteiger partial charge in [0.2, 0.25) is 0 Å². The first-order valence-electron chi connectivity index (χ1n) is 8.00. The maximum Gasteiger partial charge on any atom is 0.0448 e. The molecular formula is C18H27N3. The first-order chi connectivity index (χ1) is 10.1. The summed E-state index contributed by atoms with van der Waals surface area (Å²) < 4.78 is 0. The molecule has 0 aliphatic carbocycles. The predicted octanol–water partition coefficient (Wildman–Crippen LogP) is 4.39. The van der Waals surface area contributed by atoms with Crippen molar-refractivity contribution >= 4 is 22.1 Å². The Morgan fingerprint density at radius 1 is 1.14 bits per heavy atom. The zero-order valence-corrected chi connectivity index (χ0v) is 13.7. The highest BCUT2D eigenvalue weighted by molar-refractivity contribution is 6.01. The van der Waals surface area contributed by atoms with Crippen molar-refractivity contribution in [2.75, 3.05) is 23.7 Å². The van der Waals surface area contributed by atoms with Crippen LogP contribution < -0.4 is 10.6 Å². The van der Waals surface area contributed by atoms with Gasteiger partial charge in [0.15, 0.2) is 0 Å². The van der Waals surface area contributed by atoms with Gasteiger partial charge in [-0.2, -0.15) is 0 Å². The van der Waals surface area contributed by atoms with Gasteiger partial charge in [-0.05, 0) is 38.0 Å². The van der Waals surface area contributed by atoms with Gasteiger partial charge in [-0.25, -0.2) is 0 Å².